The lowest BCUT2D eigenvalue weighted by Gasteiger charge is -2.25. The Morgan fingerprint density at radius 1 is 1.12 bits per heavy atom. The Hall–Kier alpha value is -0.570. The fourth-order valence-corrected chi connectivity index (χ4v) is 3.16. The summed E-state index contributed by atoms with van der Waals surface area (Å²) in [6.45, 7) is 3.18. The van der Waals surface area contributed by atoms with Crippen molar-refractivity contribution in [2.24, 2.45) is 5.92 Å². The van der Waals surface area contributed by atoms with Gasteiger partial charge in [0.1, 0.15) is 0 Å². The minimum absolute atomic E-state index is 0.0724. The number of hydrogen-bond donors (Lipinski definition) is 2. The highest BCUT2D eigenvalue weighted by Gasteiger charge is 2.26. The Balaban J connectivity index is 1.78. The maximum Gasteiger partial charge on any atom is 0.237 e. The van der Waals surface area contributed by atoms with Gasteiger partial charge in [0.05, 0.1) is 6.04 Å². The fraction of sp³-hybridized carbons (Fsp3) is 0.929. The molecule has 1 aliphatic carbocycles. The van der Waals surface area contributed by atoms with Gasteiger partial charge in [0, 0.05) is 6.04 Å². The van der Waals surface area contributed by atoms with Crippen molar-refractivity contribution in [2.75, 3.05) is 6.54 Å². The number of rotatable bonds is 3. The molecule has 1 aliphatic heterocycles. The second kappa shape index (κ2) is 6.39. The number of carbonyl (C=O) groups is 1. The normalized spacial score (nSPS) is 28.6. The van der Waals surface area contributed by atoms with E-state index < -0.39 is 0 Å². The van der Waals surface area contributed by atoms with Gasteiger partial charge in [-0.1, -0.05) is 25.7 Å². The van der Waals surface area contributed by atoms with Crippen molar-refractivity contribution in [3.05, 3.63) is 0 Å². The SMILES string of the molecule is C[C@H](NC(=O)[C@@H]1CCCN1)C1CCCCCC1. The molecular formula is C14H26N2O. The highest BCUT2D eigenvalue weighted by Crippen LogP contribution is 2.25. The summed E-state index contributed by atoms with van der Waals surface area (Å²) >= 11 is 0. The van der Waals surface area contributed by atoms with Gasteiger partial charge >= 0.3 is 0 Å². The van der Waals surface area contributed by atoms with Crippen LogP contribution < -0.4 is 10.6 Å². The molecule has 0 unspecified atom stereocenters. The summed E-state index contributed by atoms with van der Waals surface area (Å²) < 4.78 is 0. The molecule has 3 heteroatoms. The van der Waals surface area contributed by atoms with E-state index in [0.717, 1.165) is 19.4 Å². The first kappa shape index (κ1) is 12.9. The van der Waals surface area contributed by atoms with Gasteiger partial charge in [-0.3, -0.25) is 4.79 Å². The van der Waals surface area contributed by atoms with E-state index in [1.54, 1.807) is 0 Å². The minimum Gasteiger partial charge on any atom is -0.352 e. The quantitative estimate of drug-likeness (QED) is 0.740. The predicted octanol–water partition coefficient (Wildman–Crippen LogP) is 2.21. The molecule has 1 amide bonds. The van der Waals surface area contributed by atoms with Crippen LogP contribution in [0.4, 0.5) is 0 Å². The summed E-state index contributed by atoms with van der Waals surface area (Å²) in [5.74, 6) is 0.919. The first-order valence-electron chi connectivity index (χ1n) is 7.31. The van der Waals surface area contributed by atoms with E-state index in [4.69, 9.17) is 0 Å². The van der Waals surface area contributed by atoms with Crippen molar-refractivity contribution >= 4 is 5.91 Å². The lowest BCUT2D eigenvalue weighted by molar-refractivity contribution is -0.123. The Bertz CT molecular complexity index is 241. The molecule has 3 nitrogen and oxygen atoms in total. The Kier molecular flexibility index (Phi) is 4.84. The monoisotopic (exact) mass is 238 g/mol. The smallest absolute Gasteiger partial charge is 0.237 e. The summed E-state index contributed by atoms with van der Waals surface area (Å²) in [6, 6.07) is 0.422. The average molecular weight is 238 g/mol. The van der Waals surface area contributed by atoms with Gasteiger partial charge in [-0.15, -0.1) is 0 Å². The number of hydrogen-bond acceptors (Lipinski definition) is 2. The highest BCUT2D eigenvalue weighted by molar-refractivity contribution is 5.82. The number of amides is 1. The van der Waals surface area contributed by atoms with Gasteiger partial charge in [0.25, 0.3) is 0 Å². The van der Waals surface area contributed by atoms with Crippen molar-refractivity contribution in [3.8, 4) is 0 Å². The molecule has 0 spiro atoms. The van der Waals surface area contributed by atoms with Crippen LogP contribution in [0.2, 0.25) is 0 Å². The first-order chi connectivity index (χ1) is 8.27. The third kappa shape index (κ3) is 3.70. The molecule has 98 valence electrons. The van der Waals surface area contributed by atoms with Gasteiger partial charge in [0.2, 0.25) is 5.91 Å². The van der Waals surface area contributed by atoms with E-state index in [2.05, 4.69) is 17.6 Å². The average Bonchev–Trinajstić information content (AvgIpc) is 2.71. The first-order valence-corrected chi connectivity index (χ1v) is 7.31. The molecule has 17 heavy (non-hydrogen) atoms. The van der Waals surface area contributed by atoms with Crippen LogP contribution in [0.3, 0.4) is 0 Å². The molecule has 0 radical (unpaired) electrons. The van der Waals surface area contributed by atoms with Crippen molar-refractivity contribution in [1.29, 1.82) is 0 Å². The predicted molar refractivity (Wildman–Crippen MR) is 69.8 cm³/mol. The standard InChI is InChI=1S/C14H26N2O/c1-11(12-7-4-2-3-5-8-12)16-14(17)13-9-6-10-15-13/h11-13,15H,2-10H2,1H3,(H,16,17)/t11-,13-/m0/s1. The molecule has 2 N–H and O–H groups in total. The summed E-state index contributed by atoms with van der Waals surface area (Å²) in [5.41, 5.74) is 0. The van der Waals surface area contributed by atoms with Crippen LogP contribution in [0.5, 0.6) is 0 Å². The van der Waals surface area contributed by atoms with Crippen LogP contribution in [0.15, 0.2) is 0 Å². The molecule has 2 aliphatic rings. The third-order valence-corrected chi connectivity index (χ3v) is 4.35. The maximum atomic E-state index is 12.0. The molecule has 2 atom stereocenters. The maximum absolute atomic E-state index is 12.0. The molecule has 0 aromatic heterocycles. The van der Waals surface area contributed by atoms with Gasteiger partial charge < -0.3 is 10.6 Å². The van der Waals surface area contributed by atoms with E-state index in [9.17, 15) is 4.79 Å². The molecule has 0 aromatic rings. The molecule has 0 aromatic carbocycles. The molecule has 2 rings (SSSR count). The summed E-state index contributed by atoms with van der Waals surface area (Å²) in [4.78, 5) is 12.0. The lowest BCUT2D eigenvalue weighted by Crippen LogP contribution is -2.46. The zero-order valence-corrected chi connectivity index (χ0v) is 11.0. The lowest BCUT2D eigenvalue weighted by atomic mass is 9.93. The summed E-state index contributed by atoms with van der Waals surface area (Å²) in [6.07, 6.45) is 10.2. The molecule has 1 saturated heterocycles. The van der Waals surface area contributed by atoms with E-state index in [1.165, 1.54) is 38.5 Å². The van der Waals surface area contributed by atoms with Crippen molar-refractivity contribution in [3.63, 3.8) is 0 Å². The molecule has 1 saturated carbocycles. The third-order valence-electron chi connectivity index (χ3n) is 4.35. The van der Waals surface area contributed by atoms with E-state index in [-0.39, 0.29) is 11.9 Å². The van der Waals surface area contributed by atoms with E-state index in [0.29, 0.717) is 12.0 Å². The zero-order valence-electron chi connectivity index (χ0n) is 11.0. The van der Waals surface area contributed by atoms with Crippen LogP contribution in [0.1, 0.15) is 58.3 Å². The zero-order chi connectivity index (χ0) is 12.1. The van der Waals surface area contributed by atoms with Gasteiger partial charge in [-0.2, -0.15) is 0 Å². The van der Waals surface area contributed by atoms with Crippen molar-refractivity contribution < 1.29 is 4.79 Å². The molecular weight excluding hydrogens is 212 g/mol. The molecule has 0 bridgehead atoms. The molecule has 1 heterocycles. The summed E-state index contributed by atoms with van der Waals surface area (Å²) in [5, 5.41) is 6.48. The van der Waals surface area contributed by atoms with Gasteiger partial charge in [-0.25, -0.2) is 0 Å². The topological polar surface area (TPSA) is 41.1 Å². The highest BCUT2D eigenvalue weighted by atomic mass is 16.2. The van der Waals surface area contributed by atoms with Crippen LogP contribution in [-0.2, 0) is 4.79 Å². The number of nitrogens with one attached hydrogen (secondary N) is 2. The summed E-state index contributed by atoms with van der Waals surface area (Å²) in [7, 11) is 0. The number of carbonyl (C=O) groups excluding carboxylic acids is 1. The second-order valence-electron chi connectivity index (χ2n) is 5.70. The van der Waals surface area contributed by atoms with Gasteiger partial charge in [0.15, 0.2) is 0 Å². The van der Waals surface area contributed by atoms with Crippen LogP contribution >= 0.6 is 0 Å². The largest absolute Gasteiger partial charge is 0.352 e. The Morgan fingerprint density at radius 2 is 1.82 bits per heavy atom. The Morgan fingerprint density at radius 3 is 2.41 bits per heavy atom. The van der Waals surface area contributed by atoms with Crippen molar-refractivity contribution in [2.45, 2.75) is 70.4 Å². The minimum atomic E-state index is 0.0724. The van der Waals surface area contributed by atoms with E-state index >= 15 is 0 Å². The molecule has 2 fully saturated rings. The van der Waals surface area contributed by atoms with E-state index in [1.807, 2.05) is 0 Å². The van der Waals surface area contributed by atoms with Gasteiger partial charge in [-0.05, 0) is 45.1 Å². The van der Waals surface area contributed by atoms with Crippen LogP contribution in [0.25, 0.3) is 0 Å². The second-order valence-corrected chi connectivity index (χ2v) is 5.70. The van der Waals surface area contributed by atoms with Crippen LogP contribution in [0, 0.1) is 5.92 Å². The Labute approximate surface area is 105 Å². The fourth-order valence-electron chi connectivity index (χ4n) is 3.16. The van der Waals surface area contributed by atoms with Crippen LogP contribution in [-0.4, -0.2) is 24.5 Å². The van der Waals surface area contributed by atoms with Crippen molar-refractivity contribution in [1.82, 2.24) is 10.6 Å².